The summed E-state index contributed by atoms with van der Waals surface area (Å²) < 4.78 is 50.9. The van der Waals surface area contributed by atoms with Crippen LogP contribution in [0, 0.1) is 0 Å². The summed E-state index contributed by atoms with van der Waals surface area (Å²) in [6.07, 6.45) is 2.23. The Hall–Kier alpha value is 0.440. The summed E-state index contributed by atoms with van der Waals surface area (Å²) in [6, 6.07) is 0. The normalized spacial score (nSPS) is 18.6. The lowest BCUT2D eigenvalue weighted by atomic mass is 10.5. The number of hydrogen-bond donors (Lipinski definition) is 0. The summed E-state index contributed by atoms with van der Waals surface area (Å²) in [4.78, 5) is 0. The predicted octanol–water partition coefficient (Wildman–Crippen LogP) is 5.02. The van der Waals surface area contributed by atoms with E-state index in [1.54, 1.807) is 6.92 Å². The smallest absolute Gasteiger partial charge is 0.293 e. The maximum Gasteiger partial charge on any atom is 0.706 e. The van der Waals surface area contributed by atoms with Crippen molar-refractivity contribution >= 4 is 23.2 Å². The minimum absolute atomic E-state index is 0.0745. The van der Waals surface area contributed by atoms with E-state index in [4.69, 9.17) is 13.1 Å². The summed E-state index contributed by atoms with van der Waals surface area (Å²) in [7, 11) is -9.14. The van der Waals surface area contributed by atoms with Crippen LogP contribution in [0.3, 0.4) is 0 Å². The zero-order valence-electron chi connectivity index (χ0n) is 12.0. The highest BCUT2D eigenvalue weighted by atomic mass is 31.3. The monoisotopic (exact) mass is 333 g/mol. The molecule has 0 amide bonds. The van der Waals surface area contributed by atoms with Crippen molar-refractivity contribution in [2.45, 2.75) is 40.0 Å². The van der Waals surface area contributed by atoms with Gasteiger partial charge in [-0.1, -0.05) is 20.8 Å². The van der Waals surface area contributed by atoms with Gasteiger partial charge in [0, 0.05) is 17.4 Å². The highest BCUT2D eigenvalue weighted by Crippen LogP contribution is 2.66. The first-order valence-corrected chi connectivity index (χ1v) is 11.5. The molecule has 0 bridgehead atoms. The zero-order valence-corrected chi connectivity index (χ0v) is 14.7. The van der Waals surface area contributed by atoms with Gasteiger partial charge >= 0.3 is 15.9 Å². The second kappa shape index (κ2) is 9.39. The summed E-state index contributed by atoms with van der Waals surface area (Å²) in [5.41, 5.74) is 0. The molecule has 114 valence electrons. The molecule has 0 aliphatic heterocycles. The number of rotatable bonds is 11. The maximum absolute atomic E-state index is 12.4. The van der Waals surface area contributed by atoms with Crippen molar-refractivity contribution in [1.29, 1.82) is 0 Å². The first-order valence-electron chi connectivity index (χ1n) is 6.45. The molecule has 0 heterocycles. The van der Waals surface area contributed by atoms with E-state index < -0.39 is 23.2 Å². The molecule has 0 aromatic rings. The van der Waals surface area contributed by atoms with Crippen molar-refractivity contribution in [3.05, 3.63) is 0 Å². The first-order chi connectivity index (χ1) is 8.78. The Kier molecular flexibility index (Phi) is 9.61. The lowest BCUT2D eigenvalue weighted by molar-refractivity contribution is 0.275. The van der Waals surface area contributed by atoms with E-state index in [9.17, 15) is 13.7 Å². The molecule has 3 atom stereocenters. The lowest BCUT2D eigenvalue weighted by Gasteiger charge is -2.17. The Bertz CT molecular complexity index is 370. The van der Waals surface area contributed by atoms with Gasteiger partial charge in [0.05, 0.1) is 6.16 Å². The van der Waals surface area contributed by atoms with Crippen molar-refractivity contribution in [2.75, 3.05) is 25.6 Å². The zero-order chi connectivity index (χ0) is 14.9. The predicted molar refractivity (Wildman–Crippen MR) is 77.5 cm³/mol. The second-order valence-corrected chi connectivity index (χ2v) is 10.4. The molecule has 0 aliphatic carbocycles. The molecule has 0 aliphatic rings. The number of hydrogen-bond acceptors (Lipinski definition) is 6. The SMILES string of the molecule is CCCO[P+](=O)OP(=O)(CCC)OP(C)(=O)CCC. The molecule has 0 saturated heterocycles. The molecule has 9 heteroatoms. The van der Waals surface area contributed by atoms with E-state index in [2.05, 4.69) is 0 Å². The largest absolute Gasteiger partial charge is 0.706 e. The van der Waals surface area contributed by atoms with Gasteiger partial charge in [-0.2, -0.15) is 0 Å². The molecular formula is C10H24O6P3+. The average molecular weight is 333 g/mol. The van der Waals surface area contributed by atoms with E-state index in [0.717, 1.165) is 0 Å². The van der Waals surface area contributed by atoms with Crippen LogP contribution in [0.1, 0.15) is 40.0 Å². The van der Waals surface area contributed by atoms with Crippen molar-refractivity contribution in [3.8, 4) is 0 Å². The third kappa shape index (κ3) is 9.07. The van der Waals surface area contributed by atoms with E-state index in [1.807, 2.05) is 13.8 Å². The van der Waals surface area contributed by atoms with Crippen molar-refractivity contribution in [3.63, 3.8) is 0 Å². The fourth-order valence-electron chi connectivity index (χ4n) is 1.37. The highest BCUT2D eigenvalue weighted by Gasteiger charge is 2.41. The molecule has 0 aromatic carbocycles. The Morgan fingerprint density at radius 3 is 2.05 bits per heavy atom. The maximum atomic E-state index is 12.4. The van der Waals surface area contributed by atoms with Gasteiger partial charge in [0.15, 0.2) is 0 Å². The van der Waals surface area contributed by atoms with Crippen LogP contribution in [-0.4, -0.2) is 25.6 Å². The fraction of sp³-hybridized carbons (Fsp3) is 1.00. The fourth-order valence-corrected chi connectivity index (χ4v) is 7.54. The Labute approximate surface area is 116 Å². The Morgan fingerprint density at radius 1 is 1.00 bits per heavy atom. The summed E-state index contributed by atoms with van der Waals surface area (Å²) in [5, 5.41) is 0. The van der Waals surface area contributed by atoms with Gasteiger partial charge in [-0.3, -0.25) is 9.13 Å². The molecule has 0 saturated carbocycles. The topological polar surface area (TPSA) is 78.9 Å². The quantitative estimate of drug-likeness (QED) is 0.494. The van der Waals surface area contributed by atoms with Crippen molar-refractivity contribution in [1.82, 2.24) is 0 Å². The highest BCUT2D eigenvalue weighted by molar-refractivity contribution is 7.71. The average Bonchev–Trinajstić information content (AvgIpc) is 2.24. The second-order valence-electron chi connectivity index (χ2n) is 4.29. The molecule has 6 nitrogen and oxygen atoms in total. The van der Waals surface area contributed by atoms with Crippen LogP contribution in [-0.2, 0) is 26.8 Å². The molecular weight excluding hydrogens is 309 g/mol. The van der Waals surface area contributed by atoms with Gasteiger partial charge in [-0.15, -0.1) is 4.52 Å². The molecule has 0 spiro atoms. The first kappa shape index (κ1) is 19.4. The molecule has 0 fully saturated rings. The third-order valence-corrected chi connectivity index (χ3v) is 8.57. The summed E-state index contributed by atoms with van der Waals surface area (Å²) in [6.45, 7) is 7.17. The summed E-state index contributed by atoms with van der Waals surface area (Å²) in [5.74, 6) is 0. The summed E-state index contributed by atoms with van der Waals surface area (Å²) >= 11 is 0. The van der Waals surface area contributed by atoms with Gasteiger partial charge in [-0.05, 0) is 23.6 Å². The van der Waals surface area contributed by atoms with Crippen LogP contribution < -0.4 is 0 Å². The minimum atomic E-state index is -3.64. The molecule has 0 rings (SSSR count). The minimum Gasteiger partial charge on any atom is -0.293 e. The van der Waals surface area contributed by atoms with Crippen LogP contribution in [0.15, 0.2) is 0 Å². The third-order valence-electron chi connectivity index (χ3n) is 2.02. The molecule has 19 heavy (non-hydrogen) atoms. The van der Waals surface area contributed by atoms with E-state index in [-0.39, 0.29) is 12.8 Å². The van der Waals surface area contributed by atoms with Gasteiger partial charge < -0.3 is 0 Å². The van der Waals surface area contributed by atoms with Crippen LogP contribution >= 0.6 is 23.2 Å². The van der Waals surface area contributed by atoms with Gasteiger partial charge in [-0.25, -0.2) is 4.31 Å². The van der Waals surface area contributed by atoms with E-state index in [1.165, 1.54) is 6.66 Å². The van der Waals surface area contributed by atoms with Crippen LogP contribution in [0.2, 0.25) is 0 Å². The molecule has 3 unspecified atom stereocenters. The Balaban J connectivity index is 4.71. The standard InChI is InChI=1S/C10H24O6P3/c1-5-8-14-17(11)15-19(13,10-7-3)16-18(4,12)9-6-2/h5-10H2,1-4H3/q+1. The Morgan fingerprint density at radius 2 is 1.58 bits per heavy atom. The molecule has 0 radical (unpaired) electrons. The van der Waals surface area contributed by atoms with Crippen LogP contribution in [0.5, 0.6) is 0 Å². The molecule has 0 N–H and O–H groups in total. The van der Waals surface area contributed by atoms with Gasteiger partial charge in [0.1, 0.15) is 6.61 Å². The van der Waals surface area contributed by atoms with Crippen molar-refractivity contribution in [2.24, 2.45) is 0 Å². The van der Waals surface area contributed by atoms with Gasteiger partial charge in [0.2, 0.25) is 7.37 Å². The molecule has 0 aromatic heterocycles. The van der Waals surface area contributed by atoms with E-state index >= 15 is 0 Å². The van der Waals surface area contributed by atoms with Gasteiger partial charge in [0.25, 0.3) is 0 Å². The van der Waals surface area contributed by atoms with E-state index in [0.29, 0.717) is 25.4 Å². The van der Waals surface area contributed by atoms with Crippen LogP contribution in [0.4, 0.5) is 0 Å². The van der Waals surface area contributed by atoms with Crippen molar-refractivity contribution < 1.29 is 26.8 Å². The van der Waals surface area contributed by atoms with Crippen LogP contribution in [0.25, 0.3) is 0 Å². The lowest BCUT2D eigenvalue weighted by Crippen LogP contribution is -1.98.